The monoisotopic (exact) mass is 311 g/mol. The highest BCUT2D eigenvalue weighted by Gasteiger charge is 2.19. The van der Waals surface area contributed by atoms with Crippen LogP contribution in [0.15, 0.2) is 32.7 Å². The number of sulfonamides is 1. The lowest BCUT2D eigenvalue weighted by Crippen LogP contribution is -2.22. The van der Waals surface area contributed by atoms with Crippen LogP contribution < -0.4 is 0 Å². The molecule has 1 unspecified atom stereocenters. The number of benzene rings is 1. The lowest BCUT2D eigenvalue weighted by molar-refractivity contribution is 0.489. The van der Waals surface area contributed by atoms with E-state index in [4.69, 9.17) is 9.68 Å². The fourth-order valence-electron chi connectivity index (χ4n) is 1.49. The molecule has 0 spiro atoms. The summed E-state index contributed by atoms with van der Waals surface area (Å²) in [5.41, 5.74) is 0.955. The molecule has 1 heterocycles. The first kappa shape index (κ1) is 14.8. The van der Waals surface area contributed by atoms with Gasteiger partial charge in [0, 0.05) is 14.1 Å². The van der Waals surface area contributed by atoms with E-state index in [1.807, 2.05) is 0 Å². The van der Waals surface area contributed by atoms with Crippen LogP contribution in [-0.2, 0) is 10.0 Å². The van der Waals surface area contributed by atoms with Crippen LogP contribution in [0.5, 0.6) is 0 Å². The topological polar surface area (TPSA) is 87.2 Å². The number of hydrogen-bond donors (Lipinski definition) is 0. The van der Waals surface area contributed by atoms with Crippen LogP contribution in [0.25, 0.3) is 11.1 Å². The van der Waals surface area contributed by atoms with Crippen LogP contribution in [0.3, 0.4) is 0 Å². The van der Waals surface area contributed by atoms with Gasteiger partial charge in [-0.3, -0.25) is 0 Å². The van der Waals surface area contributed by atoms with E-state index in [0.717, 1.165) is 4.31 Å². The molecule has 6 nitrogen and oxygen atoms in total. The highest BCUT2D eigenvalue weighted by molar-refractivity contribution is 7.99. The second kappa shape index (κ2) is 5.44. The molecule has 0 aliphatic rings. The minimum atomic E-state index is -3.49. The van der Waals surface area contributed by atoms with Crippen molar-refractivity contribution in [2.45, 2.75) is 22.3 Å². The maximum atomic E-state index is 12.0. The molecule has 20 heavy (non-hydrogen) atoms. The minimum absolute atomic E-state index is 0.160. The highest BCUT2D eigenvalue weighted by atomic mass is 32.2. The Morgan fingerprint density at radius 1 is 1.45 bits per heavy atom. The summed E-state index contributed by atoms with van der Waals surface area (Å²) in [4.78, 5) is 4.36. The first-order chi connectivity index (χ1) is 9.34. The van der Waals surface area contributed by atoms with E-state index in [1.165, 1.54) is 38.0 Å². The van der Waals surface area contributed by atoms with E-state index in [9.17, 15) is 8.42 Å². The Morgan fingerprint density at radius 2 is 2.15 bits per heavy atom. The van der Waals surface area contributed by atoms with Crippen LogP contribution in [-0.4, -0.2) is 37.1 Å². The molecule has 0 radical (unpaired) electrons. The molecule has 106 valence electrons. The van der Waals surface area contributed by atoms with Gasteiger partial charge in [0.15, 0.2) is 5.58 Å². The molecular formula is C12H13N3O3S2. The number of hydrogen-bond acceptors (Lipinski definition) is 6. The Bertz CT molecular complexity index is 775. The normalized spacial score (nSPS) is 13.6. The first-order valence-electron chi connectivity index (χ1n) is 5.74. The fourth-order valence-corrected chi connectivity index (χ4v) is 3.05. The summed E-state index contributed by atoms with van der Waals surface area (Å²) in [5.74, 6) is 0. The third kappa shape index (κ3) is 2.80. The van der Waals surface area contributed by atoms with Gasteiger partial charge in [0.25, 0.3) is 5.22 Å². The third-order valence-corrected chi connectivity index (χ3v) is 5.22. The van der Waals surface area contributed by atoms with Gasteiger partial charge in [0.1, 0.15) is 5.52 Å². The molecule has 0 amide bonds. The molecule has 1 atom stereocenters. The molecule has 0 saturated carbocycles. The zero-order valence-electron chi connectivity index (χ0n) is 11.2. The van der Waals surface area contributed by atoms with Gasteiger partial charge in [0.2, 0.25) is 10.0 Å². The van der Waals surface area contributed by atoms with E-state index >= 15 is 0 Å². The van der Waals surface area contributed by atoms with Crippen LogP contribution in [0.2, 0.25) is 0 Å². The third-order valence-electron chi connectivity index (χ3n) is 2.58. The number of thioether (sulfide) groups is 1. The van der Waals surface area contributed by atoms with E-state index in [2.05, 4.69) is 11.1 Å². The maximum absolute atomic E-state index is 12.0. The van der Waals surface area contributed by atoms with Crippen molar-refractivity contribution in [2.24, 2.45) is 0 Å². The van der Waals surface area contributed by atoms with Crippen LogP contribution >= 0.6 is 11.8 Å². The Morgan fingerprint density at radius 3 is 2.75 bits per heavy atom. The Kier molecular flexibility index (Phi) is 4.04. The number of aromatic nitrogens is 1. The van der Waals surface area contributed by atoms with Crippen molar-refractivity contribution >= 4 is 32.9 Å². The molecule has 2 aromatic rings. The SMILES string of the molecule is CC(C#N)Sc1nc2cc(S(=O)(=O)N(C)C)ccc2o1. The van der Waals surface area contributed by atoms with Crippen molar-refractivity contribution in [3.8, 4) is 6.07 Å². The van der Waals surface area contributed by atoms with Crippen molar-refractivity contribution < 1.29 is 12.8 Å². The number of rotatable bonds is 4. The molecule has 8 heteroatoms. The van der Waals surface area contributed by atoms with Gasteiger partial charge in [-0.05, 0) is 36.9 Å². The molecular weight excluding hydrogens is 298 g/mol. The second-order valence-electron chi connectivity index (χ2n) is 4.29. The zero-order valence-corrected chi connectivity index (χ0v) is 12.8. The molecule has 1 aromatic heterocycles. The number of oxazole rings is 1. The van der Waals surface area contributed by atoms with Crippen molar-refractivity contribution in [3.63, 3.8) is 0 Å². The lowest BCUT2D eigenvalue weighted by atomic mass is 10.3. The van der Waals surface area contributed by atoms with E-state index in [0.29, 0.717) is 16.3 Å². The van der Waals surface area contributed by atoms with Crippen LogP contribution in [0.4, 0.5) is 0 Å². The molecule has 0 N–H and O–H groups in total. The average Bonchev–Trinajstić information content (AvgIpc) is 2.79. The summed E-state index contributed by atoms with van der Waals surface area (Å²) >= 11 is 1.19. The van der Waals surface area contributed by atoms with Crippen molar-refractivity contribution in [3.05, 3.63) is 18.2 Å². The summed E-state index contributed by atoms with van der Waals surface area (Å²) in [6, 6.07) is 6.58. The van der Waals surface area contributed by atoms with Crippen LogP contribution in [0.1, 0.15) is 6.92 Å². The van der Waals surface area contributed by atoms with E-state index < -0.39 is 10.0 Å². The van der Waals surface area contributed by atoms with Gasteiger partial charge < -0.3 is 4.42 Å². The Hall–Kier alpha value is -1.56. The van der Waals surface area contributed by atoms with Crippen molar-refractivity contribution in [1.82, 2.24) is 9.29 Å². The Labute approximate surface area is 121 Å². The van der Waals surface area contributed by atoms with Gasteiger partial charge in [-0.1, -0.05) is 0 Å². The fraction of sp³-hybridized carbons (Fsp3) is 0.333. The lowest BCUT2D eigenvalue weighted by Gasteiger charge is -2.10. The van der Waals surface area contributed by atoms with Gasteiger partial charge in [-0.25, -0.2) is 17.7 Å². The summed E-state index contributed by atoms with van der Waals surface area (Å²) in [6.07, 6.45) is 0. The molecule has 1 aromatic carbocycles. The summed E-state index contributed by atoms with van der Waals surface area (Å²) < 4.78 is 30.7. The van der Waals surface area contributed by atoms with E-state index in [-0.39, 0.29) is 10.1 Å². The quantitative estimate of drug-likeness (QED) is 0.803. The van der Waals surface area contributed by atoms with Crippen molar-refractivity contribution in [1.29, 1.82) is 5.26 Å². The average molecular weight is 311 g/mol. The maximum Gasteiger partial charge on any atom is 0.258 e. The minimum Gasteiger partial charge on any atom is -0.431 e. The van der Waals surface area contributed by atoms with Crippen LogP contribution in [0, 0.1) is 11.3 Å². The van der Waals surface area contributed by atoms with Crippen molar-refractivity contribution in [2.75, 3.05) is 14.1 Å². The van der Waals surface area contributed by atoms with Gasteiger partial charge in [-0.2, -0.15) is 5.26 Å². The number of fused-ring (bicyclic) bond motifs is 1. The predicted molar refractivity (Wildman–Crippen MR) is 75.8 cm³/mol. The second-order valence-corrected chi connectivity index (χ2v) is 7.73. The number of nitriles is 1. The summed E-state index contributed by atoms with van der Waals surface area (Å²) in [5, 5.41) is 8.83. The predicted octanol–water partition coefficient (Wildman–Crippen LogP) is 2.08. The number of nitrogens with zero attached hydrogens (tertiary/aromatic N) is 3. The first-order valence-corrected chi connectivity index (χ1v) is 8.06. The zero-order chi connectivity index (χ0) is 14.9. The molecule has 0 aliphatic carbocycles. The molecule has 0 bridgehead atoms. The molecule has 2 rings (SSSR count). The van der Waals surface area contributed by atoms with E-state index in [1.54, 1.807) is 13.0 Å². The smallest absolute Gasteiger partial charge is 0.258 e. The highest BCUT2D eigenvalue weighted by Crippen LogP contribution is 2.28. The standard InChI is InChI=1S/C12H13N3O3S2/c1-8(7-13)19-12-14-10-6-9(4-5-11(10)18-12)20(16,17)15(2)3/h4-6,8H,1-3H3. The van der Waals surface area contributed by atoms with Gasteiger partial charge >= 0.3 is 0 Å². The molecule has 0 aliphatic heterocycles. The van der Waals surface area contributed by atoms with Gasteiger partial charge in [0.05, 0.1) is 16.2 Å². The van der Waals surface area contributed by atoms with Gasteiger partial charge in [-0.15, -0.1) is 0 Å². The summed E-state index contributed by atoms with van der Waals surface area (Å²) in [6.45, 7) is 1.74. The molecule has 0 saturated heterocycles. The summed E-state index contributed by atoms with van der Waals surface area (Å²) in [7, 11) is -0.553. The molecule has 0 fully saturated rings. The Balaban J connectivity index is 2.43. The largest absolute Gasteiger partial charge is 0.431 e.